The van der Waals surface area contributed by atoms with Crippen molar-refractivity contribution in [3.63, 3.8) is 0 Å². The van der Waals surface area contributed by atoms with Crippen molar-refractivity contribution in [2.24, 2.45) is 0 Å². The average molecular weight is 158 g/mol. The Bertz CT molecular complexity index is 350. The second-order valence-corrected chi connectivity index (χ2v) is 3.00. The van der Waals surface area contributed by atoms with Gasteiger partial charge in [-0.3, -0.25) is 4.79 Å². The Morgan fingerprint density at radius 2 is 2.17 bits per heavy atom. The van der Waals surface area contributed by atoms with Crippen LogP contribution in [0.5, 0.6) is 0 Å². The molecule has 60 valence electrons. The molecular formula is C11H10O. The molecule has 1 aromatic carbocycles. The Balaban J connectivity index is 2.65. The molecule has 0 heterocycles. The fraction of sp³-hybridized carbons (Fsp3) is 0.182. The van der Waals surface area contributed by atoms with Crippen LogP contribution >= 0.6 is 0 Å². The van der Waals surface area contributed by atoms with Crippen molar-refractivity contribution < 1.29 is 4.79 Å². The van der Waals surface area contributed by atoms with E-state index in [1.807, 2.05) is 24.3 Å². The number of Topliss-reactive ketones (excluding diaryl/α,β-unsaturated/α-hetero) is 1. The third kappa shape index (κ3) is 0.900. The summed E-state index contributed by atoms with van der Waals surface area (Å²) in [4.78, 5) is 11.3. The number of hydrogen-bond acceptors (Lipinski definition) is 1. The van der Waals surface area contributed by atoms with E-state index in [2.05, 4.69) is 6.58 Å². The number of fused-ring (bicyclic) bond motifs is 1. The van der Waals surface area contributed by atoms with Crippen LogP contribution in [0.1, 0.15) is 27.9 Å². The van der Waals surface area contributed by atoms with Crippen molar-refractivity contribution >= 4 is 11.9 Å². The molecule has 0 aromatic heterocycles. The van der Waals surface area contributed by atoms with Gasteiger partial charge >= 0.3 is 0 Å². The fourth-order valence-corrected chi connectivity index (χ4v) is 1.71. The van der Waals surface area contributed by atoms with E-state index in [9.17, 15) is 4.79 Å². The summed E-state index contributed by atoms with van der Waals surface area (Å²) >= 11 is 0. The molecule has 0 saturated heterocycles. The standard InChI is InChI=1S/C11H10O/c1-2-8-4-3-5-10-9(8)6-7-11(10)12/h2-5H,1,6-7H2. The van der Waals surface area contributed by atoms with Crippen LogP contribution in [0.15, 0.2) is 24.8 Å². The molecule has 0 bridgehead atoms. The topological polar surface area (TPSA) is 17.1 Å². The van der Waals surface area contributed by atoms with E-state index >= 15 is 0 Å². The molecule has 12 heavy (non-hydrogen) atoms. The smallest absolute Gasteiger partial charge is 0.163 e. The number of benzene rings is 1. The molecule has 1 aromatic rings. The van der Waals surface area contributed by atoms with Crippen LogP contribution in [0.25, 0.3) is 6.08 Å². The van der Waals surface area contributed by atoms with E-state index < -0.39 is 0 Å². The van der Waals surface area contributed by atoms with Crippen LogP contribution in [-0.2, 0) is 6.42 Å². The highest BCUT2D eigenvalue weighted by atomic mass is 16.1. The lowest BCUT2D eigenvalue weighted by Gasteiger charge is -2.00. The molecular weight excluding hydrogens is 148 g/mol. The molecule has 1 heteroatoms. The fourth-order valence-electron chi connectivity index (χ4n) is 1.71. The maximum Gasteiger partial charge on any atom is 0.163 e. The van der Waals surface area contributed by atoms with Crippen LogP contribution in [0, 0.1) is 0 Å². The molecule has 0 saturated carbocycles. The van der Waals surface area contributed by atoms with Crippen LogP contribution in [0.2, 0.25) is 0 Å². The van der Waals surface area contributed by atoms with Crippen LogP contribution in [0.4, 0.5) is 0 Å². The quantitative estimate of drug-likeness (QED) is 0.613. The van der Waals surface area contributed by atoms with Gasteiger partial charge in [-0.1, -0.05) is 30.9 Å². The predicted molar refractivity (Wildman–Crippen MR) is 49.2 cm³/mol. The first-order valence-corrected chi connectivity index (χ1v) is 4.10. The normalized spacial score (nSPS) is 14.5. The first kappa shape index (κ1) is 7.29. The van der Waals surface area contributed by atoms with Crippen molar-refractivity contribution in [1.82, 2.24) is 0 Å². The second-order valence-electron chi connectivity index (χ2n) is 3.00. The molecule has 2 rings (SSSR count). The zero-order valence-corrected chi connectivity index (χ0v) is 6.84. The summed E-state index contributed by atoms with van der Waals surface area (Å²) in [6, 6.07) is 5.82. The van der Waals surface area contributed by atoms with E-state index in [4.69, 9.17) is 0 Å². The molecule has 0 N–H and O–H groups in total. The molecule has 1 aliphatic carbocycles. The van der Waals surface area contributed by atoms with Crippen molar-refractivity contribution in [1.29, 1.82) is 0 Å². The summed E-state index contributed by atoms with van der Waals surface area (Å²) in [5, 5.41) is 0. The van der Waals surface area contributed by atoms with Gasteiger partial charge in [-0.25, -0.2) is 0 Å². The summed E-state index contributed by atoms with van der Waals surface area (Å²) in [7, 11) is 0. The van der Waals surface area contributed by atoms with Gasteiger partial charge in [0.2, 0.25) is 0 Å². The Morgan fingerprint density at radius 3 is 2.92 bits per heavy atom. The first-order valence-electron chi connectivity index (χ1n) is 4.10. The van der Waals surface area contributed by atoms with Crippen molar-refractivity contribution in [2.75, 3.05) is 0 Å². The second kappa shape index (κ2) is 2.59. The lowest BCUT2D eigenvalue weighted by atomic mass is 10.0. The van der Waals surface area contributed by atoms with Crippen molar-refractivity contribution in [2.45, 2.75) is 12.8 Å². The van der Waals surface area contributed by atoms with Gasteiger partial charge in [-0.2, -0.15) is 0 Å². The summed E-state index contributed by atoms with van der Waals surface area (Å²) < 4.78 is 0. The maximum absolute atomic E-state index is 11.3. The number of rotatable bonds is 1. The number of ketones is 1. The Morgan fingerprint density at radius 1 is 1.33 bits per heavy atom. The summed E-state index contributed by atoms with van der Waals surface area (Å²) in [6.07, 6.45) is 3.37. The third-order valence-corrected chi connectivity index (χ3v) is 2.33. The lowest BCUT2D eigenvalue weighted by molar-refractivity contribution is 0.0994. The molecule has 0 unspecified atom stereocenters. The zero-order valence-electron chi connectivity index (χ0n) is 6.84. The lowest BCUT2D eigenvalue weighted by Crippen LogP contribution is -1.91. The monoisotopic (exact) mass is 158 g/mol. The number of carbonyl (C=O) groups excluding carboxylic acids is 1. The Kier molecular flexibility index (Phi) is 1.58. The molecule has 0 atom stereocenters. The summed E-state index contributed by atoms with van der Waals surface area (Å²) in [5.74, 6) is 0.272. The highest BCUT2D eigenvalue weighted by Crippen LogP contribution is 2.25. The molecule has 0 amide bonds. The zero-order chi connectivity index (χ0) is 8.55. The van der Waals surface area contributed by atoms with Crippen LogP contribution < -0.4 is 0 Å². The highest BCUT2D eigenvalue weighted by Gasteiger charge is 2.20. The van der Waals surface area contributed by atoms with Crippen LogP contribution in [0.3, 0.4) is 0 Å². The van der Waals surface area contributed by atoms with Crippen LogP contribution in [-0.4, -0.2) is 5.78 Å². The molecule has 0 spiro atoms. The predicted octanol–water partition coefficient (Wildman–Crippen LogP) is 2.46. The molecule has 0 radical (unpaired) electrons. The van der Waals surface area contributed by atoms with Gasteiger partial charge in [0.15, 0.2) is 5.78 Å². The van der Waals surface area contributed by atoms with E-state index in [0.717, 1.165) is 17.5 Å². The van der Waals surface area contributed by atoms with Gasteiger partial charge in [-0.05, 0) is 17.5 Å². The van der Waals surface area contributed by atoms with E-state index in [0.29, 0.717) is 6.42 Å². The molecule has 0 fully saturated rings. The summed E-state index contributed by atoms with van der Waals surface area (Å²) in [5.41, 5.74) is 3.18. The number of carbonyl (C=O) groups is 1. The number of hydrogen-bond donors (Lipinski definition) is 0. The van der Waals surface area contributed by atoms with Gasteiger partial charge < -0.3 is 0 Å². The van der Waals surface area contributed by atoms with Gasteiger partial charge in [0, 0.05) is 12.0 Å². The van der Waals surface area contributed by atoms with E-state index in [1.165, 1.54) is 5.56 Å². The Hall–Kier alpha value is -1.37. The first-order chi connectivity index (χ1) is 5.83. The van der Waals surface area contributed by atoms with Gasteiger partial charge in [-0.15, -0.1) is 0 Å². The molecule has 0 aliphatic heterocycles. The average Bonchev–Trinajstić information content (AvgIpc) is 2.48. The van der Waals surface area contributed by atoms with Gasteiger partial charge in [0.1, 0.15) is 0 Å². The minimum atomic E-state index is 0.272. The largest absolute Gasteiger partial charge is 0.294 e. The molecule has 1 nitrogen and oxygen atoms in total. The van der Waals surface area contributed by atoms with E-state index in [1.54, 1.807) is 0 Å². The van der Waals surface area contributed by atoms with Crippen molar-refractivity contribution in [3.8, 4) is 0 Å². The SMILES string of the molecule is C=Cc1cccc2c1CCC2=O. The van der Waals surface area contributed by atoms with E-state index in [-0.39, 0.29) is 5.78 Å². The van der Waals surface area contributed by atoms with Gasteiger partial charge in [0.05, 0.1) is 0 Å². The minimum absolute atomic E-state index is 0.272. The Labute approximate surface area is 71.7 Å². The van der Waals surface area contributed by atoms with Crippen molar-refractivity contribution in [3.05, 3.63) is 41.5 Å². The van der Waals surface area contributed by atoms with Gasteiger partial charge in [0.25, 0.3) is 0 Å². The minimum Gasteiger partial charge on any atom is -0.294 e. The third-order valence-electron chi connectivity index (χ3n) is 2.33. The highest BCUT2D eigenvalue weighted by molar-refractivity contribution is 6.01. The summed E-state index contributed by atoms with van der Waals surface area (Å²) in [6.45, 7) is 3.72. The molecule has 1 aliphatic rings. The maximum atomic E-state index is 11.3.